The molecule has 190 valence electrons. The fraction of sp³-hybridized carbons (Fsp3) is 0.462. The number of pyridine rings is 1. The van der Waals surface area contributed by atoms with Crippen molar-refractivity contribution in [3.05, 3.63) is 58.0 Å². The molecule has 2 saturated heterocycles. The van der Waals surface area contributed by atoms with Gasteiger partial charge in [-0.3, -0.25) is 24.6 Å². The van der Waals surface area contributed by atoms with E-state index in [0.29, 0.717) is 36.7 Å². The number of imide groups is 2. The summed E-state index contributed by atoms with van der Waals surface area (Å²) < 4.78 is 12.7. The van der Waals surface area contributed by atoms with Crippen LogP contribution in [0.3, 0.4) is 0 Å². The fourth-order valence-corrected chi connectivity index (χ4v) is 5.99. The van der Waals surface area contributed by atoms with Crippen LogP contribution in [0.4, 0.5) is 4.79 Å². The van der Waals surface area contributed by atoms with Crippen molar-refractivity contribution in [2.45, 2.75) is 25.3 Å². The second-order valence-electron chi connectivity index (χ2n) is 9.95. The van der Waals surface area contributed by atoms with Crippen molar-refractivity contribution in [3.8, 4) is 11.5 Å². The average Bonchev–Trinajstić information content (AvgIpc) is 2.87. The number of nitrogens with one attached hydrogen (secondary N) is 1. The topological polar surface area (TPSA) is 110 Å². The number of methoxy groups -OCH3 is 2. The highest BCUT2D eigenvalue weighted by Gasteiger charge is 2.54. The molecular weight excluding hydrogens is 464 g/mol. The van der Waals surface area contributed by atoms with Crippen LogP contribution in [0.15, 0.2) is 41.2 Å². The number of hydrogen-bond donors (Lipinski definition) is 1. The van der Waals surface area contributed by atoms with Crippen LogP contribution in [0.1, 0.15) is 23.6 Å². The molecule has 1 aromatic heterocycles. The van der Waals surface area contributed by atoms with Crippen molar-refractivity contribution in [2.24, 2.45) is 11.3 Å². The lowest BCUT2D eigenvalue weighted by Crippen LogP contribution is -2.67. The molecule has 2 bridgehead atoms. The fourth-order valence-electron chi connectivity index (χ4n) is 5.99. The molecule has 10 heteroatoms. The highest BCUT2D eigenvalue weighted by Crippen LogP contribution is 2.39. The zero-order chi connectivity index (χ0) is 25.6. The highest BCUT2D eigenvalue weighted by atomic mass is 16.5. The summed E-state index contributed by atoms with van der Waals surface area (Å²) in [5.74, 6) is 0.291. The Morgan fingerprint density at radius 3 is 2.58 bits per heavy atom. The molecular formula is C26H30N4O6. The van der Waals surface area contributed by atoms with E-state index in [1.165, 1.54) is 14.2 Å². The summed E-state index contributed by atoms with van der Waals surface area (Å²) in [6.45, 7) is 2.02. The summed E-state index contributed by atoms with van der Waals surface area (Å²) in [6, 6.07) is 9.86. The number of carbonyl (C=O) groups is 3. The van der Waals surface area contributed by atoms with E-state index >= 15 is 0 Å². The van der Waals surface area contributed by atoms with Crippen LogP contribution in [-0.2, 0) is 22.6 Å². The smallest absolute Gasteiger partial charge is 0.330 e. The molecule has 0 aliphatic carbocycles. The van der Waals surface area contributed by atoms with Crippen molar-refractivity contribution in [1.29, 1.82) is 0 Å². The first kappa shape index (κ1) is 24.1. The van der Waals surface area contributed by atoms with Gasteiger partial charge in [-0.15, -0.1) is 0 Å². The normalized spacial score (nSPS) is 25.9. The summed E-state index contributed by atoms with van der Waals surface area (Å²) in [4.78, 5) is 54.9. The Balaban J connectivity index is 1.50. The van der Waals surface area contributed by atoms with Crippen molar-refractivity contribution in [1.82, 2.24) is 19.7 Å². The van der Waals surface area contributed by atoms with Crippen molar-refractivity contribution < 1.29 is 23.9 Å². The minimum absolute atomic E-state index is 0.000643. The molecule has 0 saturated carbocycles. The number of aromatic nitrogens is 1. The van der Waals surface area contributed by atoms with Gasteiger partial charge in [0.05, 0.1) is 14.2 Å². The monoisotopic (exact) mass is 494 g/mol. The summed E-state index contributed by atoms with van der Waals surface area (Å²) in [5.41, 5.74) is 0.132. The van der Waals surface area contributed by atoms with E-state index in [9.17, 15) is 19.2 Å². The molecule has 1 aromatic carbocycles. The molecule has 2 aromatic rings. The maximum absolute atomic E-state index is 13.7. The summed E-state index contributed by atoms with van der Waals surface area (Å²) >= 11 is 0. The average molecular weight is 495 g/mol. The first-order valence-electron chi connectivity index (χ1n) is 12.0. The lowest BCUT2D eigenvalue weighted by atomic mass is 9.75. The van der Waals surface area contributed by atoms with Crippen LogP contribution in [-0.4, -0.2) is 73.1 Å². The molecule has 0 radical (unpaired) electrons. The van der Waals surface area contributed by atoms with Gasteiger partial charge in [-0.05, 0) is 30.0 Å². The first-order chi connectivity index (χ1) is 17.3. The summed E-state index contributed by atoms with van der Waals surface area (Å²) in [7, 11) is 4.46. The number of likely N-dealkylation sites (tertiary alicyclic amines) is 1. The first-order valence-corrected chi connectivity index (χ1v) is 12.0. The molecule has 2 fully saturated rings. The number of fused-ring (bicyclic) bond motifs is 4. The van der Waals surface area contributed by atoms with Gasteiger partial charge in [0, 0.05) is 63.4 Å². The predicted molar refractivity (Wildman–Crippen MR) is 130 cm³/mol. The number of amides is 4. The number of benzene rings is 1. The Labute approximate surface area is 208 Å². The number of piperidine rings is 1. The maximum atomic E-state index is 13.7. The van der Waals surface area contributed by atoms with Gasteiger partial charge in [-0.2, -0.15) is 0 Å². The molecule has 3 aliphatic rings. The molecule has 0 spiro atoms. The van der Waals surface area contributed by atoms with E-state index in [-0.39, 0.29) is 30.4 Å². The minimum Gasteiger partial charge on any atom is -0.497 e. The van der Waals surface area contributed by atoms with Crippen LogP contribution < -0.4 is 20.3 Å². The molecule has 0 unspecified atom stereocenters. The van der Waals surface area contributed by atoms with Gasteiger partial charge in [-0.1, -0.05) is 12.1 Å². The predicted octanol–water partition coefficient (Wildman–Crippen LogP) is 1.22. The zero-order valence-corrected chi connectivity index (χ0v) is 20.7. The van der Waals surface area contributed by atoms with Crippen LogP contribution in [0.2, 0.25) is 0 Å². The van der Waals surface area contributed by atoms with Crippen molar-refractivity contribution in [3.63, 3.8) is 0 Å². The number of urea groups is 1. The number of rotatable bonds is 6. The van der Waals surface area contributed by atoms with E-state index in [0.717, 1.165) is 17.0 Å². The Kier molecular flexibility index (Phi) is 6.07. The van der Waals surface area contributed by atoms with Crippen LogP contribution in [0, 0.1) is 11.3 Å². The lowest BCUT2D eigenvalue weighted by Gasteiger charge is -2.47. The zero-order valence-electron chi connectivity index (χ0n) is 20.7. The van der Waals surface area contributed by atoms with E-state index in [1.807, 2.05) is 10.6 Å². The Hall–Kier alpha value is -3.66. The van der Waals surface area contributed by atoms with Crippen molar-refractivity contribution in [2.75, 3.05) is 40.9 Å². The third-order valence-electron chi connectivity index (χ3n) is 7.71. The van der Waals surface area contributed by atoms with E-state index < -0.39 is 23.3 Å². The molecule has 36 heavy (non-hydrogen) atoms. The second-order valence-corrected chi connectivity index (χ2v) is 9.95. The highest BCUT2D eigenvalue weighted by molar-refractivity contribution is 6.19. The van der Waals surface area contributed by atoms with E-state index in [4.69, 9.17) is 9.47 Å². The molecule has 3 aliphatic heterocycles. The van der Waals surface area contributed by atoms with Gasteiger partial charge in [-0.25, -0.2) is 4.79 Å². The number of nitrogens with zero attached hydrogens (tertiary/aromatic N) is 3. The van der Waals surface area contributed by atoms with Gasteiger partial charge in [0.1, 0.15) is 16.9 Å². The van der Waals surface area contributed by atoms with Gasteiger partial charge in [0.15, 0.2) is 0 Å². The van der Waals surface area contributed by atoms with E-state index in [2.05, 4.69) is 10.2 Å². The SMILES string of the molecule is COc1ccc(C[C@@]2(CN3C[C@@H]4C[C@@H](C3)c3cccc(=O)n3C4)C(=O)NC(=O)N(C)C2=O)c(OC)c1. The number of hydrogen-bond acceptors (Lipinski definition) is 7. The van der Waals surface area contributed by atoms with Gasteiger partial charge < -0.3 is 18.9 Å². The number of ether oxygens (including phenoxy) is 2. The minimum atomic E-state index is -1.52. The molecule has 5 rings (SSSR count). The maximum Gasteiger partial charge on any atom is 0.330 e. The van der Waals surface area contributed by atoms with Crippen molar-refractivity contribution >= 4 is 17.8 Å². The molecule has 4 heterocycles. The Bertz CT molecular complexity index is 1290. The lowest BCUT2D eigenvalue weighted by molar-refractivity contribution is -0.152. The summed E-state index contributed by atoms with van der Waals surface area (Å²) in [6.07, 6.45) is 1.02. The molecule has 1 N–H and O–H groups in total. The van der Waals surface area contributed by atoms with Gasteiger partial charge >= 0.3 is 6.03 Å². The van der Waals surface area contributed by atoms with Crippen LogP contribution in [0.25, 0.3) is 0 Å². The summed E-state index contributed by atoms with van der Waals surface area (Å²) in [5, 5.41) is 2.38. The third kappa shape index (κ3) is 3.95. The molecule has 10 nitrogen and oxygen atoms in total. The van der Waals surface area contributed by atoms with Crippen LogP contribution >= 0.6 is 0 Å². The van der Waals surface area contributed by atoms with Gasteiger partial charge in [0.2, 0.25) is 11.8 Å². The standard InChI is InChI=1S/C26H30N4O6/c1-28-24(33)26(23(32)27-25(28)34,11-17-7-8-19(35-2)10-21(17)36-3)15-29-12-16-9-18(14-29)20-5-4-6-22(31)30(20)13-16/h4-8,10,16,18H,9,11-15H2,1-3H3,(H,27,32,34)/t16-,18-,26+/m0/s1. The molecule has 4 amide bonds. The molecule has 3 atom stereocenters. The second kappa shape index (κ2) is 9.09. The quantitative estimate of drug-likeness (QED) is 0.602. The largest absolute Gasteiger partial charge is 0.497 e. The number of carbonyl (C=O) groups excluding carboxylic acids is 3. The number of barbiturate groups is 1. The Morgan fingerprint density at radius 2 is 1.83 bits per heavy atom. The Morgan fingerprint density at radius 1 is 1.03 bits per heavy atom. The van der Waals surface area contributed by atoms with Gasteiger partial charge in [0.25, 0.3) is 5.56 Å². The third-order valence-corrected chi connectivity index (χ3v) is 7.71. The van der Waals surface area contributed by atoms with E-state index in [1.54, 1.807) is 37.4 Å². The van der Waals surface area contributed by atoms with Crippen LogP contribution in [0.5, 0.6) is 11.5 Å².